The molecule has 110 valence electrons. The molecule has 0 spiro atoms. The third-order valence-electron chi connectivity index (χ3n) is 4.08. The normalized spacial score (nSPS) is 16.6. The molecule has 1 aliphatic rings. The van der Waals surface area contributed by atoms with E-state index >= 15 is 0 Å². The van der Waals surface area contributed by atoms with Crippen LogP contribution in [0, 0.1) is 11.6 Å². The Kier molecular flexibility index (Phi) is 3.91. The van der Waals surface area contributed by atoms with Gasteiger partial charge in [0.15, 0.2) is 0 Å². The lowest BCUT2D eigenvalue weighted by Crippen LogP contribution is -2.08. The van der Waals surface area contributed by atoms with Gasteiger partial charge in [-0.15, -0.1) is 0 Å². The first-order valence-electron chi connectivity index (χ1n) is 7.50. The van der Waals surface area contributed by atoms with E-state index in [1.54, 1.807) is 0 Å². The third kappa shape index (κ3) is 2.92. The second kappa shape index (κ2) is 5.84. The van der Waals surface area contributed by atoms with Crippen molar-refractivity contribution in [3.05, 3.63) is 64.7 Å². The molecule has 1 atom stereocenters. The number of hydrogen-bond acceptors (Lipinski definition) is 1. The summed E-state index contributed by atoms with van der Waals surface area (Å²) in [4.78, 5) is 0. The Morgan fingerprint density at radius 2 is 2.00 bits per heavy atom. The smallest absolute Gasteiger partial charge is 0.128 e. The number of hydrogen-bond donors (Lipinski definition) is 1. The largest absolute Gasteiger partial charge is 0.378 e. The van der Waals surface area contributed by atoms with Crippen molar-refractivity contribution in [1.29, 1.82) is 0 Å². The third-order valence-corrected chi connectivity index (χ3v) is 4.08. The van der Waals surface area contributed by atoms with E-state index in [0.717, 1.165) is 18.2 Å². The number of benzene rings is 2. The zero-order chi connectivity index (χ0) is 14.8. The van der Waals surface area contributed by atoms with E-state index in [4.69, 9.17) is 0 Å². The van der Waals surface area contributed by atoms with E-state index in [2.05, 4.69) is 30.4 Å². The first kappa shape index (κ1) is 14.1. The first-order chi connectivity index (χ1) is 10.2. The first-order valence-corrected chi connectivity index (χ1v) is 7.50. The van der Waals surface area contributed by atoms with Gasteiger partial charge in [0, 0.05) is 11.3 Å². The molecule has 0 aromatic heterocycles. The molecule has 1 aliphatic heterocycles. The van der Waals surface area contributed by atoms with Crippen LogP contribution < -0.4 is 5.32 Å². The summed E-state index contributed by atoms with van der Waals surface area (Å²) < 4.78 is 27.2. The maximum absolute atomic E-state index is 13.9. The lowest BCUT2D eigenvalue weighted by molar-refractivity contribution is 0.573. The summed E-state index contributed by atoms with van der Waals surface area (Å²) >= 11 is 0. The number of halogens is 2. The molecule has 0 amide bonds. The summed E-state index contributed by atoms with van der Waals surface area (Å²) in [5.74, 6) is -0.749. The van der Waals surface area contributed by atoms with E-state index < -0.39 is 5.82 Å². The van der Waals surface area contributed by atoms with Crippen molar-refractivity contribution < 1.29 is 8.78 Å². The van der Waals surface area contributed by atoms with Crippen molar-refractivity contribution in [2.75, 3.05) is 5.32 Å². The highest BCUT2D eigenvalue weighted by molar-refractivity contribution is 5.59. The predicted molar refractivity (Wildman–Crippen MR) is 81.5 cm³/mol. The highest BCUT2D eigenvalue weighted by Gasteiger charge is 2.24. The quantitative estimate of drug-likeness (QED) is 0.833. The minimum Gasteiger partial charge on any atom is -0.378 e. The fourth-order valence-electron chi connectivity index (χ4n) is 2.92. The van der Waals surface area contributed by atoms with Crippen LogP contribution in [0.25, 0.3) is 0 Å². The number of aryl methyl sites for hydroxylation is 1. The van der Waals surface area contributed by atoms with Crippen molar-refractivity contribution >= 4 is 5.69 Å². The molecule has 3 heteroatoms. The summed E-state index contributed by atoms with van der Waals surface area (Å²) in [5, 5.41) is 3.30. The number of rotatable bonds is 4. The number of unbranched alkanes of at least 4 members (excludes halogenated alkanes) is 1. The van der Waals surface area contributed by atoms with Crippen LogP contribution in [-0.2, 0) is 12.8 Å². The van der Waals surface area contributed by atoms with Crippen molar-refractivity contribution in [1.82, 2.24) is 0 Å². The molecule has 1 N–H and O–H groups in total. The van der Waals surface area contributed by atoms with Crippen LogP contribution in [0.4, 0.5) is 14.5 Å². The molecule has 0 radical (unpaired) electrons. The van der Waals surface area contributed by atoms with Gasteiger partial charge in [-0.1, -0.05) is 25.5 Å². The fourth-order valence-corrected chi connectivity index (χ4v) is 2.92. The van der Waals surface area contributed by atoms with Gasteiger partial charge in [0.1, 0.15) is 11.6 Å². The summed E-state index contributed by atoms with van der Waals surface area (Å²) in [6.07, 6.45) is 4.12. The lowest BCUT2D eigenvalue weighted by atomic mass is 10.00. The summed E-state index contributed by atoms with van der Waals surface area (Å²) in [5.41, 5.74) is 3.94. The molecule has 0 bridgehead atoms. The molecular weight excluding hydrogens is 268 g/mol. The van der Waals surface area contributed by atoms with E-state index in [1.807, 2.05) is 0 Å². The monoisotopic (exact) mass is 287 g/mol. The van der Waals surface area contributed by atoms with Gasteiger partial charge in [-0.05, 0) is 54.7 Å². The Labute approximate surface area is 124 Å². The zero-order valence-electron chi connectivity index (χ0n) is 12.1. The highest BCUT2D eigenvalue weighted by Crippen LogP contribution is 2.36. The van der Waals surface area contributed by atoms with E-state index in [9.17, 15) is 8.78 Å². The Morgan fingerprint density at radius 1 is 1.14 bits per heavy atom. The van der Waals surface area contributed by atoms with Gasteiger partial charge in [0.2, 0.25) is 0 Å². The van der Waals surface area contributed by atoms with Crippen molar-refractivity contribution in [2.45, 2.75) is 38.6 Å². The Bertz CT molecular complexity index is 652. The van der Waals surface area contributed by atoms with Gasteiger partial charge < -0.3 is 5.32 Å². The van der Waals surface area contributed by atoms with E-state index in [0.29, 0.717) is 12.0 Å². The van der Waals surface area contributed by atoms with Crippen molar-refractivity contribution in [2.24, 2.45) is 0 Å². The van der Waals surface area contributed by atoms with Gasteiger partial charge in [-0.25, -0.2) is 8.78 Å². The minimum absolute atomic E-state index is 0.183. The second-order valence-electron chi connectivity index (χ2n) is 5.66. The maximum Gasteiger partial charge on any atom is 0.128 e. The van der Waals surface area contributed by atoms with E-state index in [1.165, 1.54) is 36.1 Å². The molecule has 2 aromatic carbocycles. The maximum atomic E-state index is 13.9. The molecule has 0 fully saturated rings. The van der Waals surface area contributed by atoms with Crippen LogP contribution in [0.15, 0.2) is 36.4 Å². The number of fused-ring (bicyclic) bond motifs is 1. The average Bonchev–Trinajstić information content (AvgIpc) is 2.90. The molecule has 1 nitrogen and oxygen atoms in total. The fraction of sp³-hybridized carbons (Fsp3) is 0.333. The van der Waals surface area contributed by atoms with Gasteiger partial charge in [0.25, 0.3) is 0 Å². The second-order valence-corrected chi connectivity index (χ2v) is 5.66. The van der Waals surface area contributed by atoms with Gasteiger partial charge >= 0.3 is 0 Å². The Morgan fingerprint density at radius 3 is 2.81 bits per heavy atom. The Hall–Kier alpha value is -1.90. The summed E-state index contributed by atoms with van der Waals surface area (Å²) in [6.45, 7) is 2.18. The van der Waals surface area contributed by atoms with Crippen molar-refractivity contribution in [3.8, 4) is 0 Å². The Balaban J connectivity index is 1.82. The summed E-state index contributed by atoms with van der Waals surface area (Å²) in [7, 11) is 0. The van der Waals surface area contributed by atoms with Crippen LogP contribution in [0.1, 0.15) is 42.5 Å². The molecule has 0 aliphatic carbocycles. The van der Waals surface area contributed by atoms with Gasteiger partial charge in [0.05, 0.1) is 6.04 Å². The predicted octanol–water partition coefficient (Wildman–Crippen LogP) is 5.02. The average molecular weight is 287 g/mol. The van der Waals surface area contributed by atoms with Gasteiger partial charge in [-0.3, -0.25) is 0 Å². The number of nitrogens with one attached hydrogen (secondary N) is 1. The molecule has 1 unspecified atom stereocenters. The van der Waals surface area contributed by atoms with Crippen LogP contribution in [0.3, 0.4) is 0 Å². The van der Waals surface area contributed by atoms with Crippen LogP contribution in [-0.4, -0.2) is 0 Å². The van der Waals surface area contributed by atoms with Crippen LogP contribution >= 0.6 is 0 Å². The molecule has 1 heterocycles. The minimum atomic E-state index is -0.396. The standard InChI is InChI=1S/C18H19F2N/c1-2-3-4-12-5-8-17-13(9-12)10-18(21-17)15-11-14(19)6-7-16(15)20/h5-9,11,18,21H,2-4,10H2,1H3. The van der Waals surface area contributed by atoms with Crippen molar-refractivity contribution in [3.63, 3.8) is 0 Å². The zero-order valence-corrected chi connectivity index (χ0v) is 12.1. The lowest BCUT2D eigenvalue weighted by Gasteiger charge is -2.12. The van der Waals surface area contributed by atoms with E-state index in [-0.39, 0.29) is 11.9 Å². The van der Waals surface area contributed by atoms with Gasteiger partial charge in [-0.2, -0.15) is 0 Å². The molecule has 2 aromatic rings. The molecule has 3 rings (SSSR count). The molecule has 21 heavy (non-hydrogen) atoms. The molecule has 0 saturated carbocycles. The summed E-state index contributed by atoms with van der Waals surface area (Å²) in [6, 6.07) is 9.82. The SMILES string of the molecule is CCCCc1ccc2c(c1)CC(c1cc(F)ccc1F)N2. The van der Waals surface area contributed by atoms with Crippen LogP contribution in [0.5, 0.6) is 0 Å². The van der Waals surface area contributed by atoms with Crippen LogP contribution in [0.2, 0.25) is 0 Å². The topological polar surface area (TPSA) is 12.0 Å². The molecule has 0 saturated heterocycles. The molecular formula is C18H19F2N. The number of anilines is 1. The highest BCUT2D eigenvalue weighted by atomic mass is 19.1.